The molecule has 2 rings (SSSR count). The first-order valence-electron chi connectivity index (χ1n) is 5.02. The average Bonchev–Trinajstić information content (AvgIpc) is 2.47. The lowest BCUT2D eigenvalue weighted by Crippen LogP contribution is -2.51. The van der Waals surface area contributed by atoms with Crippen LogP contribution in [-0.4, -0.2) is 30.2 Å². The van der Waals surface area contributed by atoms with E-state index in [0.717, 1.165) is 19.3 Å². The predicted octanol–water partition coefficient (Wildman–Crippen LogP) is 1.30. The van der Waals surface area contributed by atoms with Crippen LogP contribution in [0.5, 0.6) is 0 Å². The first-order chi connectivity index (χ1) is 6.06. The molecule has 1 saturated heterocycles. The molecule has 1 unspecified atom stereocenters. The number of aliphatic hydroxyl groups is 1. The summed E-state index contributed by atoms with van der Waals surface area (Å²) in [5.74, 6) is -0.410. The Bertz CT molecular complexity index is 194. The minimum Gasteiger partial charge on any atom is -0.393 e. The highest BCUT2D eigenvalue weighted by Crippen LogP contribution is 2.48. The van der Waals surface area contributed by atoms with E-state index in [9.17, 15) is 5.11 Å². The average molecular weight is 186 g/mol. The molecule has 1 aliphatic heterocycles. The van der Waals surface area contributed by atoms with Crippen molar-refractivity contribution in [1.82, 2.24) is 0 Å². The van der Waals surface area contributed by atoms with Crippen molar-refractivity contribution in [2.45, 2.75) is 45.0 Å². The number of hydrogen-bond donors (Lipinski definition) is 1. The number of rotatable bonds is 0. The third-order valence-corrected chi connectivity index (χ3v) is 3.34. The molecule has 13 heavy (non-hydrogen) atoms. The summed E-state index contributed by atoms with van der Waals surface area (Å²) in [5.41, 5.74) is -0.0683. The van der Waals surface area contributed by atoms with Crippen LogP contribution in [0, 0.1) is 5.41 Å². The van der Waals surface area contributed by atoms with Gasteiger partial charge in [0, 0.05) is 11.8 Å². The van der Waals surface area contributed by atoms with Crippen molar-refractivity contribution in [3.8, 4) is 0 Å². The zero-order valence-electron chi connectivity index (χ0n) is 8.38. The maximum Gasteiger partial charge on any atom is 0.173 e. The van der Waals surface area contributed by atoms with Crippen molar-refractivity contribution in [2.75, 3.05) is 13.2 Å². The van der Waals surface area contributed by atoms with Crippen LogP contribution in [0.3, 0.4) is 0 Å². The van der Waals surface area contributed by atoms with Gasteiger partial charge in [0.1, 0.15) is 0 Å². The quantitative estimate of drug-likeness (QED) is 0.619. The van der Waals surface area contributed by atoms with Crippen molar-refractivity contribution in [3.63, 3.8) is 0 Å². The maximum atomic E-state index is 9.58. The fraction of sp³-hybridized carbons (Fsp3) is 1.00. The van der Waals surface area contributed by atoms with E-state index in [-0.39, 0.29) is 11.5 Å². The second-order valence-electron chi connectivity index (χ2n) is 4.73. The molecule has 0 bridgehead atoms. The molecule has 2 fully saturated rings. The smallest absolute Gasteiger partial charge is 0.173 e. The lowest BCUT2D eigenvalue weighted by atomic mass is 9.71. The van der Waals surface area contributed by atoms with Crippen LogP contribution in [0.2, 0.25) is 0 Å². The molecule has 0 amide bonds. The summed E-state index contributed by atoms with van der Waals surface area (Å²) in [6, 6.07) is 0. The highest BCUT2D eigenvalue weighted by molar-refractivity contribution is 4.95. The van der Waals surface area contributed by atoms with E-state index >= 15 is 0 Å². The summed E-state index contributed by atoms with van der Waals surface area (Å²) < 4.78 is 11.4. The molecule has 0 radical (unpaired) electrons. The van der Waals surface area contributed by atoms with Crippen molar-refractivity contribution in [1.29, 1.82) is 0 Å². The molecule has 1 atom stereocenters. The normalized spacial score (nSPS) is 36.7. The molecule has 1 saturated carbocycles. The van der Waals surface area contributed by atoms with Crippen molar-refractivity contribution in [2.24, 2.45) is 5.41 Å². The highest BCUT2D eigenvalue weighted by atomic mass is 16.7. The SMILES string of the molecule is CC1(C)CC(O)CCC12OCCO2. The number of ether oxygens (including phenoxy) is 2. The van der Waals surface area contributed by atoms with Gasteiger partial charge in [-0.3, -0.25) is 0 Å². The fourth-order valence-electron chi connectivity index (χ4n) is 2.53. The van der Waals surface area contributed by atoms with E-state index in [0.29, 0.717) is 13.2 Å². The molecule has 1 heterocycles. The van der Waals surface area contributed by atoms with Crippen LogP contribution < -0.4 is 0 Å². The summed E-state index contributed by atoms with van der Waals surface area (Å²) in [4.78, 5) is 0. The lowest BCUT2D eigenvalue weighted by Gasteiger charge is -2.47. The minimum atomic E-state index is -0.410. The Morgan fingerprint density at radius 1 is 1.23 bits per heavy atom. The van der Waals surface area contributed by atoms with Gasteiger partial charge in [0.2, 0.25) is 0 Å². The second kappa shape index (κ2) is 2.94. The van der Waals surface area contributed by atoms with Crippen LogP contribution in [0.15, 0.2) is 0 Å². The van der Waals surface area contributed by atoms with Crippen molar-refractivity contribution in [3.05, 3.63) is 0 Å². The van der Waals surface area contributed by atoms with Gasteiger partial charge in [-0.15, -0.1) is 0 Å². The lowest BCUT2D eigenvalue weighted by molar-refractivity contribution is -0.256. The Labute approximate surface area is 79.0 Å². The van der Waals surface area contributed by atoms with Gasteiger partial charge in [-0.25, -0.2) is 0 Å². The van der Waals surface area contributed by atoms with E-state index in [1.165, 1.54) is 0 Å². The minimum absolute atomic E-state index is 0.0683. The molecule has 76 valence electrons. The van der Waals surface area contributed by atoms with Crippen LogP contribution in [0.25, 0.3) is 0 Å². The third-order valence-electron chi connectivity index (χ3n) is 3.34. The molecule has 2 aliphatic rings. The zero-order chi connectivity index (χ0) is 9.53. The van der Waals surface area contributed by atoms with E-state index in [1.807, 2.05) is 0 Å². The summed E-state index contributed by atoms with van der Waals surface area (Å²) >= 11 is 0. The molecule has 3 nitrogen and oxygen atoms in total. The van der Waals surface area contributed by atoms with Gasteiger partial charge in [-0.2, -0.15) is 0 Å². The van der Waals surface area contributed by atoms with Gasteiger partial charge in [-0.05, 0) is 12.8 Å². The van der Waals surface area contributed by atoms with Crippen molar-refractivity contribution < 1.29 is 14.6 Å². The van der Waals surface area contributed by atoms with Crippen molar-refractivity contribution >= 4 is 0 Å². The summed E-state index contributed by atoms with van der Waals surface area (Å²) in [6.45, 7) is 5.61. The Hall–Kier alpha value is -0.120. The second-order valence-corrected chi connectivity index (χ2v) is 4.73. The molecule has 0 aromatic rings. The maximum absolute atomic E-state index is 9.58. The topological polar surface area (TPSA) is 38.7 Å². The van der Waals surface area contributed by atoms with Gasteiger partial charge in [0.15, 0.2) is 5.79 Å². The van der Waals surface area contributed by atoms with Gasteiger partial charge < -0.3 is 14.6 Å². The first-order valence-corrected chi connectivity index (χ1v) is 5.02. The molecular weight excluding hydrogens is 168 g/mol. The standard InChI is InChI=1S/C10H18O3/c1-9(2)7-8(11)3-4-10(9)12-5-6-13-10/h8,11H,3-7H2,1-2H3. The number of hydrogen-bond acceptors (Lipinski definition) is 3. The van der Waals surface area contributed by atoms with Crippen LogP contribution in [0.4, 0.5) is 0 Å². The zero-order valence-corrected chi connectivity index (χ0v) is 8.38. The van der Waals surface area contributed by atoms with E-state index in [2.05, 4.69) is 13.8 Å². The van der Waals surface area contributed by atoms with Gasteiger partial charge in [0.25, 0.3) is 0 Å². The largest absolute Gasteiger partial charge is 0.393 e. The molecule has 3 heteroatoms. The van der Waals surface area contributed by atoms with E-state index < -0.39 is 5.79 Å². The van der Waals surface area contributed by atoms with Gasteiger partial charge >= 0.3 is 0 Å². The third kappa shape index (κ3) is 1.39. The Morgan fingerprint density at radius 3 is 2.38 bits per heavy atom. The molecule has 0 aromatic carbocycles. The van der Waals surface area contributed by atoms with Crippen LogP contribution >= 0.6 is 0 Å². The summed E-state index contributed by atoms with van der Waals surface area (Å²) in [6.07, 6.45) is 2.20. The van der Waals surface area contributed by atoms with Crippen LogP contribution in [-0.2, 0) is 9.47 Å². The molecular formula is C10H18O3. The Kier molecular flexibility index (Phi) is 2.13. The summed E-state index contributed by atoms with van der Waals surface area (Å²) in [7, 11) is 0. The van der Waals surface area contributed by atoms with Gasteiger partial charge in [0.05, 0.1) is 19.3 Å². The molecule has 1 aliphatic carbocycles. The Morgan fingerprint density at radius 2 is 1.85 bits per heavy atom. The Balaban J connectivity index is 2.18. The predicted molar refractivity (Wildman–Crippen MR) is 48.3 cm³/mol. The van der Waals surface area contributed by atoms with Crippen LogP contribution in [0.1, 0.15) is 33.1 Å². The molecule has 1 spiro atoms. The monoisotopic (exact) mass is 186 g/mol. The number of aliphatic hydroxyl groups excluding tert-OH is 1. The molecule has 0 aromatic heterocycles. The first kappa shape index (κ1) is 9.44. The highest BCUT2D eigenvalue weighted by Gasteiger charge is 2.53. The van der Waals surface area contributed by atoms with E-state index in [4.69, 9.17) is 9.47 Å². The fourth-order valence-corrected chi connectivity index (χ4v) is 2.53. The van der Waals surface area contributed by atoms with Gasteiger partial charge in [-0.1, -0.05) is 13.8 Å². The summed E-state index contributed by atoms with van der Waals surface area (Å²) in [5, 5.41) is 9.58. The molecule has 1 N–H and O–H groups in total. The van der Waals surface area contributed by atoms with E-state index in [1.54, 1.807) is 0 Å².